The van der Waals surface area contributed by atoms with Crippen LogP contribution in [0, 0.1) is 13.8 Å². The number of rotatable bonds is 7. The molecule has 0 N–H and O–H groups in total. The van der Waals surface area contributed by atoms with Crippen molar-refractivity contribution < 1.29 is 14.3 Å². The molecule has 0 atom stereocenters. The zero-order chi connectivity index (χ0) is 30.0. The molecular formula is C32H24Cl4N2O3S. The van der Waals surface area contributed by atoms with E-state index in [9.17, 15) is 4.79 Å². The zero-order valence-corrected chi connectivity index (χ0v) is 26.6. The Morgan fingerprint density at radius 1 is 0.833 bits per heavy atom. The molecule has 1 fully saturated rings. The lowest BCUT2D eigenvalue weighted by atomic mass is 10.1. The van der Waals surface area contributed by atoms with Crippen molar-refractivity contribution in [2.24, 2.45) is 4.99 Å². The summed E-state index contributed by atoms with van der Waals surface area (Å²) in [6.07, 6.45) is 1.79. The van der Waals surface area contributed by atoms with Crippen LogP contribution in [0.3, 0.4) is 0 Å². The van der Waals surface area contributed by atoms with Crippen LogP contribution in [-0.4, -0.2) is 18.2 Å². The Morgan fingerprint density at radius 3 is 2.26 bits per heavy atom. The Morgan fingerprint density at radius 2 is 1.57 bits per heavy atom. The van der Waals surface area contributed by atoms with Gasteiger partial charge in [-0.15, -0.1) is 0 Å². The van der Waals surface area contributed by atoms with Gasteiger partial charge >= 0.3 is 0 Å². The van der Waals surface area contributed by atoms with Crippen LogP contribution in [-0.2, 0) is 11.4 Å². The van der Waals surface area contributed by atoms with Gasteiger partial charge in [0.25, 0.3) is 5.91 Å². The predicted octanol–water partition coefficient (Wildman–Crippen LogP) is 10.3. The summed E-state index contributed by atoms with van der Waals surface area (Å²) >= 11 is 26.3. The first-order chi connectivity index (χ1) is 20.1. The van der Waals surface area contributed by atoms with E-state index in [0.29, 0.717) is 53.0 Å². The maximum absolute atomic E-state index is 13.8. The molecule has 0 spiro atoms. The minimum absolute atomic E-state index is 0.228. The molecule has 1 aliphatic heterocycles. The molecule has 1 heterocycles. The first kappa shape index (κ1) is 30.3. The van der Waals surface area contributed by atoms with Crippen molar-refractivity contribution >= 4 is 86.7 Å². The average molecular weight is 658 g/mol. The van der Waals surface area contributed by atoms with Crippen LogP contribution in [0.15, 0.2) is 82.7 Å². The third kappa shape index (κ3) is 6.74. The third-order valence-electron chi connectivity index (χ3n) is 6.48. The summed E-state index contributed by atoms with van der Waals surface area (Å²) in [7, 11) is 1.56. The highest BCUT2D eigenvalue weighted by Crippen LogP contribution is 2.40. The summed E-state index contributed by atoms with van der Waals surface area (Å²) in [4.78, 5) is 20.6. The zero-order valence-electron chi connectivity index (χ0n) is 22.8. The van der Waals surface area contributed by atoms with Crippen molar-refractivity contribution in [3.05, 3.63) is 120 Å². The maximum Gasteiger partial charge on any atom is 0.271 e. The summed E-state index contributed by atoms with van der Waals surface area (Å²) in [6.45, 7) is 4.07. The van der Waals surface area contributed by atoms with E-state index < -0.39 is 0 Å². The van der Waals surface area contributed by atoms with Gasteiger partial charge < -0.3 is 9.47 Å². The Balaban J connectivity index is 1.46. The second-order valence-corrected chi connectivity index (χ2v) is 12.1. The molecule has 0 saturated carbocycles. The van der Waals surface area contributed by atoms with E-state index in [0.717, 1.165) is 22.3 Å². The van der Waals surface area contributed by atoms with Gasteiger partial charge in [-0.2, -0.15) is 0 Å². The van der Waals surface area contributed by atoms with Gasteiger partial charge in [0.1, 0.15) is 6.61 Å². The van der Waals surface area contributed by atoms with Crippen molar-refractivity contribution in [1.29, 1.82) is 0 Å². The summed E-state index contributed by atoms with van der Waals surface area (Å²) in [5, 5.41) is 2.71. The summed E-state index contributed by atoms with van der Waals surface area (Å²) in [5.41, 5.74) is 4.64. The van der Waals surface area contributed by atoms with Crippen LogP contribution in [0.4, 0.5) is 11.4 Å². The fourth-order valence-electron chi connectivity index (χ4n) is 4.10. The summed E-state index contributed by atoms with van der Waals surface area (Å²) in [6, 6.07) is 21.7. The number of hydrogen-bond donors (Lipinski definition) is 0. The lowest BCUT2D eigenvalue weighted by Crippen LogP contribution is -2.28. The highest BCUT2D eigenvalue weighted by atomic mass is 35.5. The topological polar surface area (TPSA) is 51.1 Å². The van der Waals surface area contributed by atoms with Crippen LogP contribution in [0.5, 0.6) is 11.5 Å². The Hall–Kier alpha value is -3.13. The standard InChI is InChI=1S/C32H24Cl4N2O3S/c1-18-4-9-23(15-25(18)34)37-32-38(24-10-5-19(2)26(35)16-24)31(39)30(42-32)13-20-6-11-28(29(12-20)40-3)41-17-21-7-8-22(33)14-27(21)36/h4-16H,17H2,1-3H3/b30-13+,37-32?. The number of carbonyl (C=O) groups excluding carboxylic acids is 1. The van der Waals surface area contributed by atoms with Crippen LogP contribution in [0.25, 0.3) is 6.08 Å². The van der Waals surface area contributed by atoms with Gasteiger partial charge in [0.15, 0.2) is 16.7 Å². The first-order valence-corrected chi connectivity index (χ1v) is 15.1. The molecule has 4 aromatic carbocycles. The highest BCUT2D eigenvalue weighted by Gasteiger charge is 2.35. The average Bonchev–Trinajstić information content (AvgIpc) is 3.26. The van der Waals surface area contributed by atoms with Gasteiger partial charge in [-0.3, -0.25) is 9.69 Å². The molecule has 5 rings (SSSR count). The van der Waals surface area contributed by atoms with Crippen molar-refractivity contribution in [2.75, 3.05) is 12.0 Å². The van der Waals surface area contributed by atoms with Crippen LogP contribution < -0.4 is 14.4 Å². The lowest BCUT2D eigenvalue weighted by Gasteiger charge is -2.16. The molecular weight excluding hydrogens is 634 g/mol. The van der Waals surface area contributed by atoms with E-state index >= 15 is 0 Å². The van der Waals surface area contributed by atoms with Gasteiger partial charge in [-0.25, -0.2) is 4.99 Å². The highest BCUT2D eigenvalue weighted by molar-refractivity contribution is 8.19. The normalized spacial score (nSPS) is 15.1. The van der Waals surface area contributed by atoms with Gasteiger partial charge in [0, 0.05) is 25.7 Å². The van der Waals surface area contributed by atoms with Crippen molar-refractivity contribution in [3.8, 4) is 11.5 Å². The van der Waals surface area contributed by atoms with Gasteiger partial charge in [0.2, 0.25) is 0 Å². The molecule has 0 radical (unpaired) electrons. The second-order valence-electron chi connectivity index (χ2n) is 9.45. The van der Waals surface area contributed by atoms with E-state index in [-0.39, 0.29) is 12.5 Å². The fourth-order valence-corrected chi connectivity index (χ4v) is 5.91. The third-order valence-corrected chi connectivity index (χ3v) is 8.85. The molecule has 1 saturated heterocycles. The molecule has 0 aliphatic carbocycles. The Bertz CT molecular complexity index is 1760. The van der Waals surface area contributed by atoms with E-state index in [1.165, 1.54) is 11.8 Å². The number of nitrogens with zero attached hydrogens (tertiary/aromatic N) is 2. The number of aliphatic imine (C=N–C) groups is 1. The summed E-state index contributed by atoms with van der Waals surface area (Å²) in [5.74, 6) is 0.814. The van der Waals surface area contributed by atoms with Crippen molar-refractivity contribution in [1.82, 2.24) is 0 Å². The minimum atomic E-state index is -0.228. The number of aryl methyl sites for hydroxylation is 2. The minimum Gasteiger partial charge on any atom is -0.493 e. The van der Waals surface area contributed by atoms with Crippen LogP contribution >= 0.6 is 58.2 Å². The Kier molecular flexibility index (Phi) is 9.41. The number of benzene rings is 4. The number of anilines is 1. The number of thioether (sulfide) groups is 1. The molecule has 0 bridgehead atoms. The smallest absolute Gasteiger partial charge is 0.271 e. The number of ether oxygens (including phenoxy) is 2. The van der Waals surface area contributed by atoms with Crippen LogP contribution in [0.2, 0.25) is 20.1 Å². The van der Waals surface area contributed by atoms with E-state index in [2.05, 4.69) is 0 Å². The number of amidine groups is 1. The summed E-state index contributed by atoms with van der Waals surface area (Å²) < 4.78 is 11.6. The number of carbonyl (C=O) groups is 1. The molecule has 1 amide bonds. The molecule has 42 heavy (non-hydrogen) atoms. The second kappa shape index (κ2) is 13.0. The molecule has 1 aliphatic rings. The van der Waals surface area contributed by atoms with Gasteiger partial charge in [-0.1, -0.05) is 70.7 Å². The SMILES string of the molecule is COc1cc(/C=C2/SC(=Nc3ccc(C)c(Cl)c3)N(c3ccc(C)c(Cl)c3)C2=O)ccc1OCc1ccc(Cl)cc1Cl. The largest absolute Gasteiger partial charge is 0.493 e. The lowest BCUT2D eigenvalue weighted by molar-refractivity contribution is -0.113. The first-order valence-electron chi connectivity index (χ1n) is 12.7. The Labute approximate surface area is 268 Å². The molecule has 0 aromatic heterocycles. The maximum atomic E-state index is 13.8. The van der Waals surface area contributed by atoms with Gasteiger partial charge in [0.05, 0.1) is 23.4 Å². The number of hydrogen-bond acceptors (Lipinski definition) is 5. The molecule has 0 unspecified atom stereocenters. The van der Waals surface area contributed by atoms with E-state index in [4.69, 9.17) is 60.9 Å². The monoisotopic (exact) mass is 656 g/mol. The number of halogens is 4. The molecule has 4 aromatic rings. The van der Waals surface area contributed by atoms with Crippen molar-refractivity contribution in [3.63, 3.8) is 0 Å². The van der Waals surface area contributed by atoms with E-state index in [1.54, 1.807) is 48.4 Å². The van der Waals surface area contributed by atoms with E-state index in [1.807, 2.05) is 56.3 Å². The molecule has 5 nitrogen and oxygen atoms in total. The predicted molar refractivity (Wildman–Crippen MR) is 176 cm³/mol. The van der Waals surface area contributed by atoms with Gasteiger partial charge in [-0.05, 0) is 96.9 Å². The van der Waals surface area contributed by atoms with Crippen LogP contribution in [0.1, 0.15) is 22.3 Å². The quantitative estimate of drug-likeness (QED) is 0.186. The molecule has 214 valence electrons. The molecule has 10 heteroatoms. The number of amides is 1. The fraction of sp³-hybridized carbons (Fsp3) is 0.125. The number of methoxy groups -OCH3 is 1. The van der Waals surface area contributed by atoms with Crippen molar-refractivity contribution in [2.45, 2.75) is 20.5 Å².